The van der Waals surface area contributed by atoms with Gasteiger partial charge in [0.05, 0.1) is 17.0 Å². The van der Waals surface area contributed by atoms with E-state index in [1.807, 2.05) is 0 Å². The van der Waals surface area contributed by atoms with Gasteiger partial charge < -0.3 is 15.3 Å². The topological polar surface area (TPSA) is 82.5 Å². The number of aromatic nitrogens is 1. The zero-order valence-corrected chi connectivity index (χ0v) is 14.0. The molecule has 1 saturated heterocycles. The molecule has 2 heterocycles. The fourth-order valence-corrected chi connectivity index (χ4v) is 2.90. The summed E-state index contributed by atoms with van der Waals surface area (Å²) >= 11 is 0. The molecule has 1 unspecified atom stereocenters. The number of likely N-dealkylation sites (tertiary alicyclic amines) is 1. The molecule has 0 bridgehead atoms. The van der Waals surface area contributed by atoms with E-state index in [0.29, 0.717) is 13.0 Å². The lowest BCUT2D eigenvalue weighted by Crippen LogP contribution is -2.30. The van der Waals surface area contributed by atoms with Crippen molar-refractivity contribution in [2.45, 2.75) is 12.6 Å². The summed E-state index contributed by atoms with van der Waals surface area (Å²) in [4.78, 5) is 29.3. The van der Waals surface area contributed by atoms with Crippen molar-refractivity contribution < 1.29 is 27.9 Å². The van der Waals surface area contributed by atoms with Crippen molar-refractivity contribution in [2.24, 2.45) is 5.92 Å². The Labute approximate surface area is 152 Å². The van der Waals surface area contributed by atoms with Gasteiger partial charge in [-0.1, -0.05) is 6.07 Å². The second kappa shape index (κ2) is 7.26. The van der Waals surface area contributed by atoms with Crippen LogP contribution in [-0.2, 0) is 11.0 Å². The number of carbonyl (C=O) groups excluding carboxylic acids is 1. The Hall–Kier alpha value is -3.10. The number of pyridine rings is 1. The maximum atomic E-state index is 12.9. The molecule has 2 aromatic rings. The highest BCUT2D eigenvalue weighted by Gasteiger charge is 2.33. The lowest BCUT2D eigenvalue weighted by atomic mass is 10.1. The summed E-state index contributed by atoms with van der Waals surface area (Å²) in [5.41, 5.74) is -0.511. The molecule has 1 aromatic carbocycles. The van der Waals surface area contributed by atoms with E-state index in [4.69, 9.17) is 5.11 Å². The Kier molecular flexibility index (Phi) is 5.02. The van der Waals surface area contributed by atoms with Crippen LogP contribution >= 0.6 is 0 Å². The molecule has 0 radical (unpaired) electrons. The van der Waals surface area contributed by atoms with Crippen LogP contribution < -0.4 is 5.32 Å². The van der Waals surface area contributed by atoms with E-state index in [0.717, 1.165) is 12.1 Å². The molecule has 0 spiro atoms. The predicted octanol–water partition coefficient (Wildman–Crippen LogP) is 3.39. The normalized spacial score (nSPS) is 17.0. The number of carboxylic acids is 1. The molecule has 1 amide bonds. The van der Waals surface area contributed by atoms with Crippen LogP contribution in [0.1, 0.15) is 22.3 Å². The molecule has 142 valence electrons. The molecular formula is C18H16F3N3O3. The average molecular weight is 379 g/mol. The minimum atomic E-state index is -4.48. The van der Waals surface area contributed by atoms with Gasteiger partial charge in [-0.25, -0.2) is 4.98 Å². The van der Waals surface area contributed by atoms with Crippen LogP contribution in [0.5, 0.6) is 0 Å². The number of carbonyl (C=O) groups is 2. The van der Waals surface area contributed by atoms with Crippen molar-refractivity contribution in [1.82, 2.24) is 9.88 Å². The van der Waals surface area contributed by atoms with Crippen LogP contribution in [0.2, 0.25) is 0 Å². The summed E-state index contributed by atoms with van der Waals surface area (Å²) in [6, 6.07) is 7.61. The molecule has 9 heteroatoms. The second-order valence-electron chi connectivity index (χ2n) is 6.18. The Morgan fingerprint density at radius 2 is 2.00 bits per heavy atom. The average Bonchev–Trinajstić information content (AvgIpc) is 3.12. The summed E-state index contributed by atoms with van der Waals surface area (Å²) in [5.74, 6) is -1.88. The maximum Gasteiger partial charge on any atom is 0.416 e. The van der Waals surface area contributed by atoms with Gasteiger partial charge >= 0.3 is 12.1 Å². The van der Waals surface area contributed by atoms with Crippen LogP contribution in [0, 0.1) is 5.92 Å². The van der Waals surface area contributed by atoms with E-state index in [2.05, 4.69) is 10.3 Å². The van der Waals surface area contributed by atoms with Crippen molar-refractivity contribution in [2.75, 3.05) is 18.4 Å². The number of halogens is 3. The fraction of sp³-hybridized carbons (Fsp3) is 0.278. The minimum absolute atomic E-state index is 0.0893. The van der Waals surface area contributed by atoms with E-state index in [1.165, 1.54) is 35.4 Å². The van der Waals surface area contributed by atoms with Crippen LogP contribution in [0.25, 0.3) is 0 Å². The van der Waals surface area contributed by atoms with Crippen molar-refractivity contribution >= 4 is 23.4 Å². The molecule has 1 fully saturated rings. The van der Waals surface area contributed by atoms with E-state index in [9.17, 15) is 22.8 Å². The number of anilines is 2. The molecule has 2 N–H and O–H groups in total. The number of carboxylic acid groups (broad SMARTS) is 1. The third-order valence-corrected chi connectivity index (χ3v) is 4.32. The van der Waals surface area contributed by atoms with Gasteiger partial charge in [-0.15, -0.1) is 0 Å². The highest BCUT2D eigenvalue weighted by Crippen LogP contribution is 2.32. The first-order chi connectivity index (χ1) is 12.8. The highest BCUT2D eigenvalue weighted by molar-refractivity contribution is 5.99. The van der Waals surface area contributed by atoms with Crippen molar-refractivity contribution in [1.29, 1.82) is 0 Å². The smallest absolute Gasteiger partial charge is 0.416 e. The predicted molar refractivity (Wildman–Crippen MR) is 90.6 cm³/mol. The zero-order chi connectivity index (χ0) is 19.6. The largest absolute Gasteiger partial charge is 0.481 e. The molecule has 1 atom stereocenters. The van der Waals surface area contributed by atoms with Gasteiger partial charge in [0, 0.05) is 25.0 Å². The van der Waals surface area contributed by atoms with E-state index in [1.54, 1.807) is 0 Å². The second-order valence-corrected chi connectivity index (χ2v) is 6.18. The van der Waals surface area contributed by atoms with Crippen LogP contribution in [0.3, 0.4) is 0 Å². The molecule has 6 nitrogen and oxygen atoms in total. The third-order valence-electron chi connectivity index (χ3n) is 4.32. The van der Waals surface area contributed by atoms with Crippen LogP contribution in [0.4, 0.5) is 24.7 Å². The SMILES string of the molecule is O=C(O)C1CCN(C(=O)c2cccnc2Nc2cccc(C(F)(F)F)c2)C1. The Morgan fingerprint density at radius 1 is 1.22 bits per heavy atom. The van der Waals surface area contributed by atoms with Crippen LogP contribution in [0.15, 0.2) is 42.6 Å². The monoisotopic (exact) mass is 379 g/mol. The van der Waals surface area contributed by atoms with Gasteiger partial charge in [0.2, 0.25) is 0 Å². The van der Waals surface area contributed by atoms with E-state index < -0.39 is 29.5 Å². The molecule has 1 aliphatic heterocycles. The molecule has 1 aliphatic rings. The van der Waals surface area contributed by atoms with Crippen molar-refractivity contribution in [3.05, 3.63) is 53.7 Å². The highest BCUT2D eigenvalue weighted by atomic mass is 19.4. The fourth-order valence-electron chi connectivity index (χ4n) is 2.90. The first-order valence-electron chi connectivity index (χ1n) is 8.17. The molecule has 0 saturated carbocycles. The Balaban J connectivity index is 1.83. The van der Waals surface area contributed by atoms with E-state index >= 15 is 0 Å². The standard InChI is InChI=1S/C18H16F3N3O3/c19-18(20,21)12-3-1-4-13(9-12)23-15-14(5-2-7-22-15)16(25)24-8-6-11(10-24)17(26)27/h1-5,7,9,11H,6,8,10H2,(H,22,23)(H,26,27). The number of aliphatic carboxylic acids is 1. The quantitative estimate of drug-likeness (QED) is 0.851. The lowest BCUT2D eigenvalue weighted by Gasteiger charge is -2.18. The Morgan fingerprint density at radius 3 is 2.67 bits per heavy atom. The first-order valence-corrected chi connectivity index (χ1v) is 8.17. The number of amides is 1. The molecule has 1 aromatic heterocycles. The summed E-state index contributed by atoms with van der Waals surface area (Å²) in [5, 5.41) is 11.8. The van der Waals surface area contributed by atoms with Gasteiger partial charge in [-0.3, -0.25) is 9.59 Å². The molecular weight excluding hydrogens is 363 g/mol. The van der Waals surface area contributed by atoms with Gasteiger partial charge in [0.25, 0.3) is 5.91 Å². The van der Waals surface area contributed by atoms with Gasteiger partial charge in [-0.05, 0) is 36.8 Å². The number of hydrogen-bond donors (Lipinski definition) is 2. The maximum absolute atomic E-state index is 12.9. The minimum Gasteiger partial charge on any atom is -0.481 e. The lowest BCUT2D eigenvalue weighted by molar-refractivity contribution is -0.141. The van der Waals surface area contributed by atoms with Gasteiger partial charge in [-0.2, -0.15) is 13.2 Å². The van der Waals surface area contributed by atoms with Gasteiger partial charge in [0.15, 0.2) is 0 Å². The zero-order valence-electron chi connectivity index (χ0n) is 14.0. The summed E-state index contributed by atoms with van der Waals surface area (Å²) in [6.07, 6.45) is -2.71. The number of rotatable bonds is 4. The molecule has 3 rings (SSSR count). The van der Waals surface area contributed by atoms with Gasteiger partial charge in [0.1, 0.15) is 5.82 Å². The molecule has 0 aliphatic carbocycles. The van der Waals surface area contributed by atoms with Crippen molar-refractivity contribution in [3.63, 3.8) is 0 Å². The summed E-state index contributed by atoms with van der Waals surface area (Å²) < 4.78 is 38.6. The number of nitrogens with zero attached hydrogens (tertiary/aromatic N) is 2. The van der Waals surface area contributed by atoms with Crippen LogP contribution in [-0.4, -0.2) is 40.0 Å². The number of benzene rings is 1. The third kappa shape index (κ3) is 4.18. The number of nitrogens with one attached hydrogen (secondary N) is 1. The molecule has 27 heavy (non-hydrogen) atoms. The number of alkyl halides is 3. The van der Waals surface area contributed by atoms with E-state index in [-0.39, 0.29) is 23.6 Å². The summed E-state index contributed by atoms with van der Waals surface area (Å²) in [6.45, 7) is 0.389. The summed E-state index contributed by atoms with van der Waals surface area (Å²) in [7, 11) is 0. The Bertz CT molecular complexity index is 870. The van der Waals surface area contributed by atoms with Crippen molar-refractivity contribution in [3.8, 4) is 0 Å². The first kappa shape index (κ1) is 18.7. The number of hydrogen-bond acceptors (Lipinski definition) is 4.